The maximum absolute atomic E-state index is 6.22. The molecule has 2 fully saturated rings. The van der Waals surface area contributed by atoms with Gasteiger partial charge in [0.1, 0.15) is 0 Å². The predicted molar refractivity (Wildman–Crippen MR) is 91.6 cm³/mol. The van der Waals surface area contributed by atoms with Gasteiger partial charge in [-0.05, 0) is 37.0 Å². The first-order chi connectivity index (χ1) is 9.99. The third kappa shape index (κ3) is 3.18. The molecule has 1 spiro atoms. The van der Waals surface area contributed by atoms with E-state index in [9.17, 15) is 0 Å². The number of anilines is 1. The minimum atomic E-state index is 0.292. The van der Waals surface area contributed by atoms with Crippen molar-refractivity contribution in [2.75, 3.05) is 18.0 Å². The summed E-state index contributed by atoms with van der Waals surface area (Å²) < 4.78 is 0. The Morgan fingerprint density at radius 2 is 1.76 bits per heavy atom. The number of nitrogens with one attached hydrogen (secondary N) is 1. The summed E-state index contributed by atoms with van der Waals surface area (Å²) in [6, 6.07) is 6.41. The van der Waals surface area contributed by atoms with E-state index in [1.807, 2.05) is 6.07 Å². The maximum Gasteiger partial charge on any atom is 0.0441 e. The van der Waals surface area contributed by atoms with Crippen molar-refractivity contribution in [1.82, 2.24) is 5.32 Å². The van der Waals surface area contributed by atoms with Gasteiger partial charge in [0.05, 0.1) is 0 Å². The predicted octanol–water partition coefficient (Wildman–Crippen LogP) is 4.74. The van der Waals surface area contributed by atoms with Crippen LogP contribution in [0.5, 0.6) is 0 Å². The molecule has 116 valence electrons. The molecule has 3 rings (SSSR count). The van der Waals surface area contributed by atoms with E-state index in [2.05, 4.69) is 36.2 Å². The summed E-state index contributed by atoms with van der Waals surface area (Å²) in [4.78, 5) is 2.53. The first-order valence-corrected chi connectivity index (χ1v) is 8.72. The molecule has 2 aliphatic rings. The SMILES string of the molecule is CC(C)C1CNC2(CCCC2)CN1c1cc(Cl)cc(Cl)c1. The van der Waals surface area contributed by atoms with Crippen LogP contribution in [0.4, 0.5) is 5.69 Å². The second-order valence-corrected chi connectivity index (χ2v) is 7.81. The Hall–Kier alpha value is -0.440. The van der Waals surface area contributed by atoms with Crippen LogP contribution in [0.15, 0.2) is 18.2 Å². The van der Waals surface area contributed by atoms with Crippen LogP contribution in [0.3, 0.4) is 0 Å². The molecule has 1 heterocycles. The highest BCUT2D eigenvalue weighted by Crippen LogP contribution is 2.37. The molecule has 0 bridgehead atoms. The normalized spacial score (nSPS) is 25.0. The van der Waals surface area contributed by atoms with Gasteiger partial charge in [-0.3, -0.25) is 0 Å². The lowest BCUT2D eigenvalue weighted by Crippen LogP contribution is -2.64. The van der Waals surface area contributed by atoms with Crippen LogP contribution in [0, 0.1) is 5.92 Å². The molecule has 1 unspecified atom stereocenters. The van der Waals surface area contributed by atoms with E-state index in [0.29, 0.717) is 17.5 Å². The van der Waals surface area contributed by atoms with Crippen molar-refractivity contribution >= 4 is 28.9 Å². The zero-order valence-electron chi connectivity index (χ0n) is 12.8. The minimum Gasteiger partial charge on any atom is -0.365 e. The minimum absolute atomic E-state index is 0.292. The van der Waals surface area contributed by atoms with E-state index in [4.69, 9.17) is 23.2 Å². The van der Waals surface area contributed by atoms with Gasteiger partial charge in [0.2, 0.25) is 0 Å². The quantitative estimate of drug-likeness (QED) is 0.844. The van der Waals surface area contributed by atoms with Gasteiger partial charge in [0.15, 0.2) is 0 Å². The van der Waals surface area contributed by atoms with E-state index in [1.54, 1.807) is 0 Å². The van der Waals surface area contributed by atoms with Gasteiger partial charge >= 0.3 is 0 Å². The Balaban J connectivity index is 1.93. The summed E-state index contributed by atoms with van der Waals surface area (Å²) in [6.07, 6.45) is 5.23. The summed E-state index contributed by atoms with van der Waals surface area (Å²) in [7, 11) is 0. The Bertz CT molecular complexity index is 489. The fourth-order valence-electron chi connectivity index (χ4n) is 3.90. The van der Waals surface area contributed by atoms with Crippen LogP contribution in [0.2, 0.25) is 10.0 Å². The van der Waals surface area contributed by atoms with Gasteiger partial charge < -0.3 is 10.2 Å². The Morgan fingerprint density at radius 3 is 2.33 bits per heavy atom. The molecular formula is C17H24Cl2N2. The molecule has 1 aromatic carbocycles. The lowest BCUT2D eigenvalue weighted by molar-refractivity contribution is 0.245. The first-order valence-electron chi connectivity index (χ1n) is 7.97. The molecule has 4 heteroatoms. The van der Waals surface area contributed by atoms with Crippen molar-refractivity contribution in [3.8, 4) is 0 Å². The molecule has 1 aliphatic heterocycles. The zero-order valence-corrected chi connectivity index (χ0v) is 14.3. The van der Waals surface area contributed by atoms with Gasteiger partial charge in [-0.1, -0.05) is 49.9 Å². The van der Waals surface area contributed by atoms with Gasteiger partial charge in [0, 0.05) is 40.4 Å². The summed E-state index contributed by atoms with van der Waals surface area (Å²) in [6.45, 7) is 6.69. The molecule has 0 aromatic heterocycles. The molecule has 1 aromatic rings. The first kappa shape index (κ1) is 15.5. The highest BCUT2D eigenvalue weighted by Gasteiger charge is 2.41. The van der Waals surface area contributed by atoms with Crippen LogP contribution < -0.4 is 10.2 Å². The molecule has 1 aliphatic carbocycles. The zero-order chi connectivity index (χ0) is 15.0. The number of halogens is 2. The van der Waals surface area contributed by atoms with Crippen LogP contribution in [-0.4, -0.2) is 24.7 Å². The van der Waals surface area contributed by atoms with Crippen LogP contribution >= 0.6 is 23.2 Å². The molecular weight excluding hydrogens is 303 g/mol. The summed E-state index contributed by atoms with van der Waals surface area (Å²) in [5.41, 5.74) is 1.46. The van der Waals surface area contributed by atoms with Crippen molar-refractivity contribution in [3.05, 3.63) is 28.2 Å². The van der Waals surface area contributed by atoms with E-state index >= 15 is 0 Å². The second kappa shape index (κ2) is 5.98. The average molecular weight is 327 g/mol. The smallest absolute Gasteiger partial charge is 0.0441 e. The third-order valence-corrected chi connectivity index (χ3v) is 5.51. The summed E-state index contributed by atoms with van der Waals surface area (Å²) in [5, 5.41) is 5.29. The Kier molecular flexibility index (Phi) is 4.40. The van der Waals surface area contributed by atoms with Gasteiger partial charge in [-0.15, -0.1) is 0 Å². The Labute approximate surface area is 137 Å². The lowest BCUT2D eigenvalue weighted by atomic mass is 9.88. The average Bonchev–Trinajstić information content (AvgIpc) is 2.85. The monoisotopic (exact) mass is 326 g/mol. The molecule has 1 atom stereocenters. The van der Waals surface area contributed by atoms with Crippen LogP contribution in [0.1, 0.15) is 39.5 Å². The summed E-state index contributed by atoms with van der Waals surface area (Å²) >= 11 is 12.4. The van der Waals surface area contributed by atoms with Gasteiger partial charge in [-0.25, -0.2) is 0 Å². The van der Waals surface area contributed by atoms with Crippen molar-refractivity contribution in [2.45, 2.75) is 51.1 Å². The number of hydrogen-bond acceptors (Lipinski definition) is 2. The van der Waals surface area contributed by atoms with Gasteiger partial charge in [-0.2, -0.15) is 0 Å². The van der Waals surface area contributed by atoms with E-state index in [0.717, 1.165) is 23.1 Å². The van der Waals surface area contributed by atoms with Crippen molar-refractivity contribution in [1.29, 1.82) is 0 Å². The number of benzene rings is 1. The molecule has 21 heavy (non-hydrogen) atoms. The topological polar surface area (TPSA) is 15.3 Å². The Morgan fingerprint density at radius 1 is 1.14 bits per heavy atom. The number of rotatable bonds is 2. The van der Waals surface area contributed by atoms with Crippen molar-refractivity contribution < 1.29 is 0 Å². The van der Waals surface area contributed by atoms with E-state index < -0.39 is 0 Å². The third-order valence-electron chi connectivity index (χ3n) is 5.07. The van der Waals surface area contributed by atoms with Crippen LogP contribution in [-0.2, 0) is 0 Å². The highest BCUT2D eigenvalue weighted by molar-refractivity contribution is 6.35. The highest BCUT2D eigenvalue weighted by atomic mass is 35.5. The fraction of sp³-hybridized carbons (Fsp3) is 0.647. The molecule has 0 amide bonds. The second-order valence-electron chi connectivity index (χ2n) is 6.94. The lowest BCUT2D eigenvalue weighted by Gasteiger charge is -2.49. The molecule has 2 nitrogen and oxygen atoms in total. The summed E-state index contributed by atoms with van der Waals surface area (Å²) in [5.74, 6) is 0.592. The van der Waals surface area contributed by atoms with E-state index in [1.165, 1.54) is 31.4 Å². The number of hydrogen-bond donors (Lipinski definition) is 1. The number of piperazine rings is 1. The number of nitrogens with zero attached hydrogens (tertiary/aromatic N) is 1. The molecule has 1 saturated carbocycles. The van der Waals surface area contributed by atoms with Crippen molar-refractivity contribution in [3.63, 3.8) is 0 Å². The van der Waals surface area contributed by atoms with Gasteiger partial charge in [0.25, 0.3) is 0 Å². The maximum atomic E-state index is 6.22. The molecule has 1 saturated heterocycles. The van der Waals surface area contributed by atoms with Crippen LogP contribution in [0.25, 0.3) is 0 Å². The standard InChI is InChI=1S/C17H24Cl2N2/c1-12(2)16-10-20-17(5-3-4-6-17)11-21(16)15-8-13(18)7-14(19)9-15/h7-9,12,16,20H,3-6,10-11H2,1-2H3. The van der Waals surface area contributed by atoms with E-state index in [-0.39, 0.29) is 0 Å². The van der Waals surface area contributed by atoms with Crippen molar-refractivity contribution in [2.24, 2.45) is 5.92 Å². The molecule has 1 N–H and O–H groups in total. The largest absolute Gasteiger partial charge is 0.365 e. The molecule has 0 radical (unpaired) electrons. The fourth-order valence-corrected chi connectivity index (χ4v) is 4.42.